The molecule has 0 aliphatic rings. The Morgan fingerprint density at radius 2 is 1.96 bits per heavy atom. The highest BCUT2D eigenvalue weighted by Crippen LogP contribution is 2.30. The van der Waals surface area contributed by atoms with Crippen molar-refractivity contribution in [3.63, 3.8) is 0 Å². The van der Waals surface area contributed by atoms with Crippen LogP contribution in [0.1, 0.15) is 5.56 Å². The average molecular weight is 355 g/mol. The first-order valence-corrected chi connectivity index (χ1v) is 9.16. The second kappa shape index (κ2) is 6.97. The van der Waals surface area contributed by atoms with E-state index in [4.69, 9.17) is 4.74 Å². The Bertz CT molecular complexity index is 1050. The molecular formula is C18H17N3O3S. The molecule has 6 nitrogen and oxygen atoms in total. The van der Waals surface area contributed by atoms with Gasteiger partial charge in [0, 0.05) is 18.1 Å². The molecule has 0 fully saturated rings. The molecule has 0 aliphatic heterocycles. The molecule has 1 aromatic heterocycles. The van der Waals surface area contributed by atoms with E-state index in [0.29, 0.717) is 29.8 Å². The van der Waals surface area contributed by atoms with E-state index in [1.165, 1.54) is 22.3 Å². The molecule has 3 rings (SSSR count). The third-order valence-electron chi connectivity index (χ3n) is 3.81. The molecule has 0 unspecified atom stereocenters. The van der Waals surface area contributed by atoms with Crippen molar-refractivity contribution in [1.29, 1.82) is 5.26 Å². The van der Waals surface area contributed by atoms with Gasteiger partial charge in [0.25, 0.3) is 10.0 Å². The zero-order chi connectivity index (χ0) is 17.9. The number of hydrogen-bond acceptors (Lipinski definition) is 5. The van der Waals surface area contributed by atoms with Gasteiger partial charge < -0.3 is 10.1 Å². The fourth-order valence-electron chi connectivity index (χ4n) is 2.60. The largest absolute Gasteiger partial charge is 0.492 e. The predicted molar refractivity (Wildman–Crippen MR) is 95.1 cm³/mol. The molecule has 128 valence electrons. The summed E-state index contributed by atoms with van der Waals surface area (Å²) in [6.45, 7) is 1.16. The van der Waals surface area contributed by atoms with E-state index in [-0.39, 0.29) is 10.5 Å². The Hall–Kier alpha value is -2.82. The lowest BCUT2D eigenvalue weighted by atomic mass is 10.2. The molecule has 0 bridgehead atoms. The molecule has 0 amide bonds. The van der Waals surface area contributed by atoms with E-state index in [1.54, 1.807) is 36.4 Å². The first-order valence-electron chi connectivity index (χ1n) is 7.72. The Kier molecular flexibility index (Phi) is 4.74. The van der Waals surface area contributed by atoms with Crippen molar-refractivity contribution in [2.75, 3.05) is 20.2 Å². The summed E-state index contributed by atoms with van der Waals surface area (Å²) in [6, 6.07) is 15.1. The monoisotopic (exact) mass is 355 g/mol. The minimum Gasteiger partial charge on any atom is -0.492 e. The lowest BCUT2D eigenvalue weighted by molar-refractivity contribution is 0.322. The number of benzene rings is 2. The predicted octanol–water partition coefficient (Wildman–Crippen LogP) is 2.35. The van der Waals surface area contributed by atoms with Crippen molar-refractivity contribution in [2.45, 2.75) is 4.90 Å². The molecular weight excluding hydrogens is 338 g/mol. The number of likely N-dealkylation sites (N-methyl/N-ethyl adjacent to an activating group) is 1. The lowest BCUT2D eigenvalue weighted by Crippen LogP contribution is -2.16. The molecule has 1 heterocycles. The smallest absolute Gasteiger partial charge is 0.269 e. The van der Waals surface area contributed by atoms with Crippen LogP contribution in [0.15, 0.2) is 59.6 Å². The third kappa shape index (κ3) is 3.09. The van der Waals surface area contributed by atoms with E-state index in [1.807, 2.05) is 13.1 Å². The summed E-state index contributed by atoms with van der Waals surface area (Å²) in [7, 11) is -2.05. The van der Waals surface area contributed by atoms with Gasteiger partial charge in [-0.1, -0.05) is 18.2 Å². The summed E-state index contributed by atoms with van der Waals surface area (Å²) in [4.78, 5) is -0.0171. The first kappa shape index (κ1) is 17.0. The van der Waals surface area contributed by atoms with Gasteiger partial charge in [0.15, 0.2) is 0 Å². The van der Waals surface area contributed by atoms with Crippen LogP contribution in [0.3, 0.4) is 0 Å². The minimum absolute atomic E-state index is 0.0171. The Morgan fingerprint density at radius 3 is 2.72 bits per heavy atom. The molecule has 25 heavy (non-hydrogen) atoms. The maximum absolute atomic E-state index is 13.0. The molecule has 0 radical (unpaired) electrons. The van der Waals surface area contributed by atoms with Crippen molar-refractivity contribution >= 4 is 20.9 Å². The first-order chi connectivity index (χ1) is 12.1. The van der Waals surface area contributed by atoms with Gasteiger partial charge in [0.05, 0.1) is 11.1 Å². The molecule has 0 spiro atoms. The molecule has 0 atom stereocenters. The Balaban J connectivity index is 2.10. The summed E-state index contributed by atoms with van der Waals surface area (Å²) < 4.78 is 32.9. The quantitative estimate of drug-likeness (QED) is 0.686. The van der Waals surface area contributed by atoms with E-state index in [2.05, 4.69) is 5.32 Å². The number of nitrogens with zero attached hydrogens (tertiary/aromatic N) is 2. The van der Waals surface area contributed by atoms with Crippen molar-refractivity contribution in [3.05, 3.63) is 60.3 Å². The third-order valence-corrected chi connectivity index (χ3v) is 5.56. The fraction of sp³-hybridized carbons (Fsp3) is 0.167. The van der Waals surface area contributed by atoms with Crippen molar-refractivity contribution < 1.29 is 13.2 Å². The van der Waals surface area contributed by atoms with Gasteiger partial charge >= 0.3 is 0 Å². The van der Waals surface area contributed by atoms with Crippen LogP contribution < -0.4 is 10.1 Å². The summed E-state index contributed by atoms with van der Waals surface area (Å²) in [5, 5.41) is 12.9. The van der Waals surface area contributed by atoms with Gasteiger partial charge in [-0.15, -0.1) is 0 Å². The second-order valence-electron chi connectivity index (χ2n) is 5.37. The zero-order valence-electron chi connectivity index (χ0n) is 13.6. The maximum Gasteiger partial charge on any atom is 0.269 e. The van der Waals surface area contributed by atoms with Crippen LogP contribution in [-0.2, 0) is 10.0 Å². The molecule has 2 aromatic carbocycles. The van der Waals surface area contributed by atoms with Crippen molar-refractivity contribution in [3.8, 4) is 11.8 Å². The molecule has 0 saturated heterocycles. The summed E-state index contributed by atoms with van der Waals surface area (Å²) in [5.41, 5.74) is 0.625. The van der Waals surface area contributed by atoms with Crippen molar-refractivity contribution in [1.82, 2.24) is 9.29 Å². The highest BCUT2D eigenvalue weighted by atomic mass is 32.2. The number of fused-ring (bicyclic) bond motifs is 1. The van der Waals surface area contributed by atoms with Gasteiger partial charge in [-0.25, -0.2) is 12.4 Å². The molecule has 1 N–H and O–H groups in total. The Morgan fingerprint density at radius 1 is 1.16 bits per heavy atom. The van der Waals surface area contributed by atoms with E-state index < -0.39 is 10.0 Å². The van der Waals surface area contributed by atoms with Gasteiger partial charge in [-0.3, -0.25) is 0 Å². The Labute approximate surface area is 146 Å². The number of hydrogen-bond donors (Lipinski definition) is 1. The second-order valence-corrected chi connectivity index (χ2v) is 7.15. The van der Waals surface area contributed by atoms with Crippen LogP contribution in [0.5, 0.6) is 5.75 Å². The highest BCUT2D eigenvalue weighted by molar-refractivity contribution is 7.90. The lowest BCUT2D eigenvalue weighted by Gasteiger charge is -2.10. The van der Waals surface area contributed by atoms with Crippen LogP contribution in [0.4, 0.5) is 0 Å². The van der Waals surface area contributed by atoms with Crippen LogP contribution in [0, 0.1) is 11.3 Å². The molecule has 0 aliphatic carbocycles. The van der Waals surface area contributed by atoms with Gasteiger partial charge in [0.1, 0.15) is 23.3 Å². The van der Waals surface area contributed by atoms with E-state index >= 15 is 0 Å². The van der Waals surface area contributed by atoms with Crippen LogP contribution in [-0.4, -0.2) is 32.6 Å². The number of aromatic nitrogens is 1. The van der Waals surface area contributed by atoms with Gasteiger partial charge in [-0.05, 0) is 37.4 Å². The van der Waals surface area contributed by atoms with E-state index in [9.17, 15) is 13.7 Å². The molecule has 0 saturated carbocycles. The topological polar surface area (TPSA) is 84.1 Å². The van der Waals surface area contributed by atoms with Crippen LogP contribution in [0.25, 0.3) is 10.9 Å². The number of nitrogens with one attached hydrogen (secondary N) is 1. The number of ether oxygens (including phenoxy) is 1. The van der Waals surface area contributed by atoms with Gasteiger partial charge in [-0.2, -0.15) is 5.26 Å². The standard InChI is InChI=1S/C18H17N3O3S/c1-20-10-12-24-17-7-4-6-16-15(17)9-11-21(16)25(22,23)18-8-3-2-5-14(18)13-19/h2-9,11,20H,10,12H2,1H3. The fourth-order valence-corrected chi connectivity index (χ4v) is 4.10. The van der Waals surface area contributed by atoms with Crippen molar-refractivity contribution in [2.24, 2.45) is 0 Å². The number of nitriles is 1. The van der Waals surface area contributed by atoms with Gasteiger partial charge in [0.2, 0.25) is 0 Å². The van der Waals surface area contributed by atoms with E-state index in [0.717, 1.165) is 0 Å². The number of rotatable bonds is 6. The zero-order valence-corrected chi connectivity index (χ0v) is 14.5. The SMILES string of the molecule is CNCCOc1cccc2c1ccn2S(=O)(=O)c1ccccc1C#N. The van der Waals surface area contributed by atoms with Crippen LogP contribution in [0.2, 0.25) is 0 Å². The van der Waals surface area contributed by atoms with Crippen LogP contribution >= 0.6 is 0 Å². The summed E-state index contributed by atoms with van der Waals surface area (Å²) >= 11 is 0. The maximum atomic E-state index is 13.0. The minimum atomic E-state index is -3.88. The molecule has 3 aromatic rings. The summed E-state index contributed by atoms with van der Waals surface area (Å²) in [6.07, 6.45) is 1.49. The average Bonchev–Trinajstić information content (AvgIpc) is 3.07. The summed E-state index contributed by atoms with van der Waals surface area (Å²) in [5.74, 6) is 0.621. The normalized spacial score (nSPS) is 11.4. The highest BCUT2D eigenvalue weighted by Gasteiger charge is 2.22. The molecule has 7 heteroatoms.